The summed E-state index contributed by atoms with van der Waals surface area (Å²) in [6.07, 6.45) is 2.25. The van der Waals surface area contributed by atoms with Crippen LogP contribution in [-0.4, -0.2) is 43.8 Å². The molecule has 1 aromatic rings. The van der Waals surface area contributed by atoms with Gasteiger partial charge in [-0.2, -0.15) is 0 Å². The molecule has 1 aliphatic rings. The van der Waals surface area contributed by atoms with Gasteiger partial charge in [-0.1, -0.05) is 30.7 Å². The first-order valence-corrected chi connectivity index (χ1v) is 8.39. The van der Waals surface area contributed by atoms with Gasteiger partial charge in [-0.25, -0.2) is 0 Å². The number of nitrogens with zero attached hydrogens (tertiary/aromatic N) is 1. The second kappa shape index (κ2) is 8.74. The molecule has 2 atom stereocenters. The standard InChI is InChI=1S/C17H27ClN2O/c1-3-8-19-17(15-5-4-6-16(18)12-15)7-9-20-10-11-21-13-14(20)2/h4-6,12,14,17,19H,3,7-11,13H2,1-2H3. The Morgan fingerprint density at radius 1 is 1.48 bits per heavy atom. The molecule has 21 heavy (non-hydrogen) atoms. The molecule has 118 valence electrons. The van der Waals surface area contributed by atoms with E-state index in [-0.39, 0.29) is 0 Å². The maximum absolute atomic E-state index is 6.14. The molecule has 0 radical (unpaired) electrons. The number of morpholine rings is 1. The topological polar surface area (TPSA) is 24.5 Å². The third-order valence-corrected chi connectivity index (χ3v) is 4.34. The molecule has 0 spiro atoms. The summed E-state index contributed by atoms with van der Waals surface area (Å²) in [5.74, 6) is 0. The van der Waals surface area contributed by atoms with Crippen LogP contribution in [0.1, 0.15) is 38.3 Å². The van der Waals surface area contributed by atoms with Gasteiger partial charge in [0.05, 0.1) is 13.2 Å². The lowest BCUT2D eigenvalue weighted by Crippen LogP contribution is -2.44. The predicted molar refractivity (Wildman–Crippen MR) is 89.0 cm³/mol. The van der Waals surface area contributed by atoms with Crippen LogP contribution in [0.5, 0.6) is 0 Å². The largest absolute Gasteiger partial charge is 0.379 e. The number of hydrogen-bond acceptors (Lipinski definition) is 3. The van der Waals surface area contributed by atoms with Crippen LogP contribution in [0, 0.1) is 0 Å². The van der Waals surface area contributed by atoms with Crippen LogP contribution in [0.3, 0.4) is 0 Å². The van der Waals surface area contributed by atoms with Gasteiger partial charge in [-0.15, -0.1) is 0 Å². The molecule has 1 fully saturated rings. The summed E-state index contributed by atoms with van der Waals surface area (Å²) in [4.78, 5) is 2.52. The van der Waals surface area contributed by atoms with Gasteiger partial charge in [0.1, 0.15) is 0 Å². The fourth-order valence-corrected chi connectivity index (χ4v) is 3.02. The Bertz CT molecular complexity index is 427. The van der Waals surface area contributed by atoms with E-state index in [4.69, 9.17) is 16.3 Å². The molecule has 2 unspecified atom stereocenters. The Morgan fingerprint density at radius 3 is 3.05 bits per heavy atom. The van der Waals surface area contributed by atoms with Crippen molar-refractivity contribution in [3.63, 3.8) is 0 Å². The van der Waals surface area contributed by atoms with Gasteiger partial charge in [0.2, 0.25) is 0 Å². The van der Waals surface area contributed by atoms with Crippen LogP contribution in [0.2, 0.25) is 5.02 Å². The summed E-state index contributed by atoms with van der Waals surface area (Å²) in [6.45, 7) is 9.32. The van der Waals surface area contributed by atoms with Crippen LogP contribution in [-0.2, 0) is 4.74 Å². The Kier molecular flexibility index (Phi) is 6.97. The smallest absolute Gasteiger partial charge is 0.0619 e. The van der Waals surface area contributed by atoms with Crippen molar-refractivity contribution < 1.29 is 4.74 Å². The van der Waals surface area contributed by atoms with Gasteiger partial charge >= 0.3 is 0 Å². The van der Waals surface area contributed by atoms with E-state index in [1.807, 2.05) is 12.1 Å². The summed E-state index contributed by atoms with van der Waals surface area (Å²) in [7, 11) is 0. The maximum Gasteiger partial charge on any atom is 0.0619 e. The van der Waals surface area contributed by atoms with Gasteiger partial charge < -0.3 is 10.1 Å². The minimum atomic E-state index is 0.374. The minimum absolute atomic E-state index is 0.374. The second-order valence-electron chi connectivity index (χ2n) is 5.81. The highest BCUT2D eigenvalue weighted by Crippen LogP contribution is 2.21. The van der Waals surface area contributed by atoms with Gasteiger partial charge in [0, 0.05) is 30.2 Å². The van der Waals surface area contributed by atoms with Crippen molar-refractivity contribution in [3.05, 3.63) is 34.9 Å². The van der Waals surface area contributed by atoms with Crippen LogP contribution in [0.15, 0.2) is 24.3 Å². The Labute approximate surface area is 133 Å². The lowest BCUT2D eigenvalue weighted by atomic mass is 10.0. The zero-order valence-corrected chi connectivity index (χ0v) is 13.9. The molecule has 2 rings (SSSR count). The van der Waals surface area contributed by atoms with Crippen LogP contribution in [0.25, 0.3) is 0 Å². The van der Waals surface area contributed by atoms with Gasteiger partial charge in [-0.3, -0.25) is 4.90 Å². The van der Waals surface area contributed by atoms with E-state index in [9.17, 15) is 0 Å². The van der Waals surface area contributed by atoms with Crippen molar-refractivity contribution >= 4 is 11.6 Å². The number of nitrogens with one attached hydrogen (secondary N) is 1. The first-order valence-electron chi connectivity index (χ1n) is 8.01. The third-order valence-electron chi connectivity index (χ3n) is 4.10. The summed E-state index contributed by atoms with van der Waals surface area (Å²) in [5, 5.41) is 4.47. The van der Waals surface area contributed by atoms with Crippen molar-refractivity contribution in [2.24, 2.45) is 0 Å². The molecular weight excluding hydrogens is 284 g/mol. The SMILES string of the molecule is CCCNC(CCN1CCOCC1C)c1cccc(Cl)c1. The molecule has 1 aromatic carbocycles. The van der Waals surface area contributed by atoms with E-state index < -0.39 is 0 Å². The average Bonchev–Trinajstić information content (AvgIpc) is 2.49. The molecule has 1 heterocycles. The molecule has 1 saturated heterocycles. The quantitative estimate of drug-likeness (QED) is 0.834. The van der Waals surface area contributed by atoms with Gasteiger partial charge in [0.15, 0.2) is 0 Å². The molecule has 0 saturated carbocycles. The van der Waals surface area contributed by atoms with E-state index >= 15 is 0 Å². The van der Waals surface area contributed by atoms with Crippen molar-refractivity contribution in [2.75, 3.05) is 32.8 Å². The van der Waals surface area contributed by atoms with Gasteiger partial charge in [-0.05, 0) is 44.0 Å². The average molecular weight is 311 g/mol. The predicted octanol–water partition coefficient (Wildman–Crippen LogP) is 3.49. The van der Waals surface area contributed by atoms with E-state index in [0.717, 1.165) is 50.7 Å². The van der Waals surface area contributed by atoms with Crippen molar-refractivity contribution in [1.29, 1.82) is 0 Å². The highest BCUT2D eigenvalue weighted by atomic mass is 35.5. The molecule has 0 aromatic heterocycles. The van der Waals surface area contributed by atoms with Crippen LogP contribution >= 0.6 is 11.6 Å². The Balaban J connectivity index is 1.95. The highest BCUT2D eigenvalue weighted by molar-refractivity contribution is 6.30. The molecule has 1 aliphatic heterocycles. The lowest BCUT2D eigenvalue weighted by Gasteiger charge is -2.34. The summed E-state index contributed by atoms with van der Waals surface area (Å²) in [6, 6.07) is 9.12. The first kappa shape index (κ1) is 16.8. The van der Waals surface area contributed by atoms with Crippen molar-refractivity contribution in [3.8, 4) is 0 Å². The zero-order chi connectivity index (χ0) is 15.1. The van der Waals surface area contributed by atoms with Crippen molar-refractivity contribution in [2.45, 2.75) is 38.8 Å². The number of rotatable bonds is 7. The summed E-state index contributed by atoms with van der Waals surface area (Å²) < 4.78 is 5.51. The first-order chi connectivity index (χ1) is 10.2. The fourth-order valence-electron chi connectivity index (χ4n) is 2.82. The van der Waals surface area contributed by atoms with E-state index in [2.05, 4.69) is 36.2 Å². The van der Waals surface area contributed by atoms with E-state index in [1.165, 1.54) is 5.56 Å². The monoisotopic (exact) mass is 310 g/mol. The number of hydrogen-bond donors (Lipinski definition) is 1. The molecular formula is C17H27ClN2O. The number of ether oxygens (including phenoxy) is 1. The van der Waals surface area contributed by atoms with Crippen LogP contribution in [0.4, 0.5) is 0 Å². The number of benzene rings is 1. The van der Waals surface area contributed by atoms with Crippen molar-refractivity contribution in [1.82, 2.24) is 10.2 Å². The third kappa shape index (κ3) is 5.26. The van der Waals surface area contributed by atoms with E-state index in [1.54, 1.807) is 0 Å². The zero-order valence-electron chi connectivity index (χ0n) is 13.1. The molecule has 0 aliphatic carbocycles. The maximum atomic E-state index is 6.14. The fraction of sp³-hybridized carbons (Fsp3) is 0.647. The molecule has 0 bridgehead atoms. The number of halogens is 1. The van der Waals surface area contributed by atoms with Crippen LogP contribution < -0.4 is 5.32 Å². The molecule has 0 amide bonds. The lowest BCUT2D eigenvalue weighted by molar-refractivity contribution is -0.00182. The molecule has 1 N–H and O–H groups in total. The van der Waals surface area contributed by atoms with Gasteiger partial charge in [0.25, 0.3) is 0 Å². The minimum Gasteiger partial charge on any atom is -0.379 e. The highest BCUT2D eigenvalue weighted by Gasteiger charge is 2.20. The molecule has 4 heteroatoms. The summed E-state index contributed by atoms with van der Waals surface area (Å²) in [5.41, 5.74) is 1.29. The second-order valence-corrected chi connectivity index (χ2v) is 6.25. The molecule has 3 nitrogen and oxygen atoms in total. The Morgan fingerprint density at radius 2 is 2.33 bits per heavy atom. The normalized spacial score (nSPS) is 21.4. The summed E-state index contributed by atoms with van der Waals surface area (Å²) >= 11 is 6.14. The Hall–Kier alpha value is -0.610. The van der Waals surface area contributed by atoms with E-state index in [0.29, 0.717) is 12.1 Å².